The average molecular weight is 417 g/mol. The Morgan fingerprint density at radius 1 is 1.13 bits per heavy atom. The molecule has 0 fully saturated rings. The normalized spacial score (nSPS) is 12.6. The minimum Gasteiger partial charge on any atom is -0.341 e. The van der Waals surface area contributed by atoms with Gasteiger partial charge in [-0.2, -0.15) is 0 Å². The molecule has 5 aromatic rings. The molecule has 3 aromatic heterocycles. The summed E-state index contributed by atoms with van der Waals surface area (Å²) >= 11 is 1.38. The Hall–Kier alpha value is -3.39. The number of anilines is 1. The maximum atomic E-state index is 12.8. The SMILES string of the molecule is CCn1c2ccccc2c2ccc(NC(=O)C(C)Sc3ncnc4nc[nH]c34)cc21. The first kappa shape index (κ1) is 18.6. The standard InChI is InChI=1S/C22H20N6OS/c1-3-28-17-7-5-4-6-15(17)16-9-8-14(10-18(16)28)27-21(29)13(2)30-22-19-20(24-11-23-19)25-12-26-22/h4-13H,3H2,1-2H3,(H,27,29)(H,23,24,25,26). The minimum absolute atomic E-state index is 0.0789. The molecule has 0 saturated heterocycles. The van der Waals surface area contributed by atoms with Gasteiger partial charge in [-0.1, -0.05) is 36.0 Å². The van der Waals surface area contributed by atoms with Crippen LogP contribution in [0.15, 0.2) is 60.1 Å². The van der Waals surface area contributed by atoms with E-state index in [1.54, 1.807) is 6.33 Å². The number of fused-ring (bicyclic) bond motifs is 4. The molecule has 150 valence electrons. The molecule has 0 spiro atoms. The van der Waals surface area contributed by atoms with Crippen LogP contribution < -0.4 is 5.32 Å². The predicted molar refractivity (Wildman–Crippen MR) is 121 cm³/mol. The topological polar surface area (TPSA) is 88.5 Å². The fraction of sp³-hybridized carbons (Fsp3) is 0.182. The fourth-order valence-electron chi connectivity index (χ4n) is 3.76. The van der Waals surface area contributed by atoms with Crippen LogP contribution in [-0.2, 0) is 11.3 Å². The van der Waals surface area contributed by atoms with Crippen molar-refractivity contribution in [3.05, 3.63) is 55.1 Å². The molecule has 5 rings (SSSR count). The number of imidazole rings is 1. The lowest BCUT2D eigenvalue weighted by atomic mass is 10.1. The van der Waals surface area contributed by atoms with Crippen molar-refractivity contribution in [3.8, 4) is 0 Å². The zero-order chi connectivity index (χ0) is 20.7. The second-order valence-corrected chi connectivity index (χ2v) is 8.35. The number of hydrogen-bond donors (Lipinski definition) is 2. The van der Waals surface area contributed by atoms with Gasteiger partial charge in [-0.25, -0.2) is 15.0 Å². The first-order chi connectivity index (χ1) is 14.7. The lowest BCUT2D eigenvalue weighted by molar-refractivity contribution is -0.115. The number of aromatic nitrogens is 5. The minimum atomic E-state index is -0.334. The Labute approximate surface area is 176 Å². The van der Waals surface area contributed by atoms with E-state index in [2.05, 4.69) is 67.1 Å². The molecular formula is C22H20N6OS. The zero-order valence-electron chi connectivity index (χ0n) is 16.6. The summed E-state index contributed by atoms with van der Waals surface area (Å²) in [6.07, 6.45) is 3.05. The summed E-state index contributed by atoms with van der Waals surface area (Å²) in [7, 11) is 0. The van der Waals surface area contributed by atoms with E-state index in [1.165, 1.54) is 34.4 Å². The second kappa shape index (κ2) is 7.46. The highest BCUT2D eigenvalue weighted by molar-refractivity contribution is 8.00. The van der Waals surface area contributed by atoms with Crippen molar-refractivity contribution in [2.45, 2.75) is 30.7 Å². The van der Waals surface area contributed by atoms with E-state index in [1.807, 2.05) is 19.1 Å². The van der Waals surface area contributed by atoms with Gasteiger partial charge >= 0.3 is 0 Å². The monoisotopic (exact) mass is 416 g/mol. The Morgan fingerprint density at radius 3 is 2.83 bits per heavy atom. The third-order valence-corrected chi connectivity index (χ3v) is 6.30. The van der Waals surface area contributed by atoms with Gasteiger partial charge in [0.2, 0.25) is 5.91 Å². The lowest BCUT2D eigenvalue weighted by Crippen LogP contribution is -2.22. The molecular weight excluding hydrogens is 396 g/mol. The van der Waals surface area contributed by atoms with Crippen LogP contribution in [0.4, 0.5) is 5.69 Å². The molecule has 0 aliphatic rings. The highest BCUT2D eigenvalue weighted by Crippen LogP contribution is 2.31. The van der Waals surface area contributed by atoms with E-state index in [-0.39, 0.29) is 11.2 Å². The summed E-state index contributed by atoms with van der Waals surface area (Å²) in [6, 6.07) is 14.5. The number of nitrogens with zero attached hydrogens (tertiary/aromatic N) is 4. The number of H-pyrrole nitrogens is 1. The van der Waals surface area contributed by atoms with E-state index < -0.39 is 0 Å². The second-order valence-electron chi connectivity index (χ2n) is 7.02. The Morgan fingerprint density at radius 2 is 1.97 bits per heavy atom. The quantitative estimate of drug-likeness (QED) is 0.323. The van der Waals surface area contributed by atoms with Gasteiger partial charge < -0.3 is 14.9 Å². The Bertz CT molecular complexity index is 1390. The number of nitrogens with one attached hydrogen (secondary N) is 2. The van der Waals surface area contributed by atoms with E-state index in [0.29, 0.717) is 10.7 Å². The number of rotatable bonds is 5. The molecule has 2 N–H and O–H groups in total. The molecule has 8 heteroatoms. The van der Waals surface area contributed by atoms with Crippen LogP contribution in [0.2, 0.25) is 0 Å². The fourth-order valence-corrected chi connectivity index (χ4v) is 4.64. The molecule has 7 nitrogen and oxygen atoms in total. The molecule has 0 aliphatic heterocycles. The smallest absolute Gasteiger partial charge is 0.237 e. The number of para-hydroxylation sites is 1. The van der Waals surface area contributed by atoms with Gasteiger partial charge in [0, 0.05) is 28.5 Å². The van der Waals surface area contributed by atoms with E-state index in [9.17, 15) is 4.79 Å². The molecule has 1 amide bonds. The molecule has 0 bridgehead atoms. The maximum absolute atomic E-state index is 12.8. The largest absolute Gasteiger partial charge is 0.341 e. The molecule has 3 heterocycles. The third-order valence-electron chi connectivity index (χ3n) is 5.20. The van der Waals surface area contributed by atoms with Gasteiger partial charge in [0.1, 0.15) is 16.9 Å². The first-order valence-electron chi connectivity index (χ1n) is 9.78. The van der Waals surface area contributed by atoms with E-state index >= 15 is 0 Å². The lowest BCUT2D eigenvalue weighted by Gasteiger charge is -2.12. The number of aromatic amines is 1. The van der Waals surface area contributed by atoms with Crippen molar-refractivity contribution in [2.24, 2.45) is 0 Å². The number of thioether (sulfide) groups is 1. The summed E-state index contributed by atoms with van der Waals surface area (Å²) < 4.78 is 2.27. The Kier molecular flexibility index (Phi) is 4.63. The van der Waals surface area contributed by atoms with Crippen molar-refractivity contribution in [1.29, 1.82) is 0 Å². The summed E-state index contributed by atoms with van der Waals surface area (Å²) in [4.78, 5) is 28.4. The molecule has 30 heavy (non-hydrogen) atoms. The van der Waals surface area contributed by atoms with Crippen LogP contribution in [0.3, 0.4) is 0 Å². The summed E-state index contributed by atoms with van der Waals surface area (Å²) in [5.74, 6) is -0.0789. The molecule has 0 saturated carbocycles. The van der Waals surface area contributed by atoms with Gasteiger partial charge in [0.05, 0.1) is 17.1 Å². The van der Waals surface area contributed by atoms with Crippen molar-refractivity contribution >= 4 is 56.3 Å². The predicted octanol–water partition coefficient (Wildman–Crippen LogP) is 4.60. The third kappa shape index (κ3) is 3.09. The van der Waals surface area contributed by atoms with Crippen LogP contribution >= 0.6 is 11.8 Å². The molecule has 2 aromatic carbocycles. The highest BCUT2D eigenvalue weighted by Gasteiger charge is 2.18. The number of benzene rings is 2. The van der Waals surface area contributed by atoms with Crippen LogP contribution in [0.25, 0.3) is 33.0 Å². The maximum Gasteiger partial charge on any atom is 0.237 e. The van der Waals surface area contributed by atoms with Crippen LogP contribution in [0.1, 0.15) is 13.8 Å². The number of amides is 1. The zero-order valence-corrected chi connectivity index (χ0v) is 17.4. The molecule has 0 radical (unpaired) electrons. The van der Waals surface area contributed by atoms with E-state index in [4.69, 9.17) is 0 Å². The average Bonchev–Trinajstić information content (AvgIpc) is 3.36. The van der Waals surface area contributed by atoms with Crippen molar-refractivity contribution in [3.63, 3.8) is 0 Å². The van der Waals surface area contributed by atoms with Crippen molar-refractivity contribution in [1.82, 2.24) is 24.5 Å². The van der Waals surface area contributed by atoms with Crippen LogP contribution in [-0.4, -0.2) is 35.7 Å². The van der Waals surface area contributed by atoms with Gasteiger partial charge in [-0.3, -0.25) is 4.79 Å². The van der Waals surface area contributed by atoms with Gasteiger partial charge in [0.25, 0.3) is 0 Å². The Balaban J connectivity index is 1.41. The van der Waals surface area contributed by atoms with Crippen molar-refractivity contribution < 1.29 is 4.79 Å². The summed E-state index contributed by atoms with van der Waals surface area (Å²) in [6.45, 7) is 4.86. The molecule has 1 unspecified atom stereocenters. The van der Waals surface area contributed by atoms with Crippen LogP contribution in [0, 0.1) is 0 Å². The van der Waals surface area contributed by atoms with Gasteiger partial charge in [-0.15, -0.1) is 0 Å². The summed E-state index contributed by atoms with van der Waals surface area (Å²) in [5, 5.41) is 5.84. The molecule has 1 atom stereocenters. The number of carbonyl (C=O) groups is 1. The number of carbonyl (C=O) groups excluding carboxylic acids is 1. The first-order valence-corrected chi connectivity index (χ1v) is 10.7. The number of hydrogen-bond acceptors (Lipinski definition) is 5. The van der Waals surface area contributed by atoms with Gasteiger partial charge in [-0.05, 0) is 32.0 Å². The number of aryl methyl sites for hydroxylation is 1. The van der Waals surface area contributed by atoms with Crippen LogP contribution in [0.5, 0.6) is 0 Å². The van der Waals surface area contributed by atoms with Crippen molar-refractivity contribution in [2.75, 3.05) is 5.32 Å². The molecule has 0 aliphatic carbocycles. The summed E-state index contributed by atoms with van der Waals surface area (Å²) in [5.41, 5.74) is 4.45. The van der Waals surface area contributed by atoms with Gasteiger partial charge in [0.15, 0.2) is 5.65 Å². The van der Waals surface area contributed by atoms with E-state index in [0.717, 1.165) is 23.3 Å². The highest BCUT2D eigenvalue weighted by atomic mass is 32.2.